The van der Waals surface area contributed by atoms with Gasteiger partial charge in [0.05, 0.1) is 12.7 Å². The number of hydrogen-bond donors (Lipinski definition) is 1. The van der Waals surface area contributed by atoms with Gasteiger partial charge in [-0.1, -0.05) is 12.1 Å². The second kappa shape index (κ2) is 5.44. The number of fused-ring (bicyclic) bond motifs is 2. The zero-order valence-electron chi connectivity index (χ0n) is 14.0. The highest BCUT2D eigenvalue weighted by Crippen LogP contribution is 2.41. The van der Waals surface area contributed by atoms with Crippen LogP contribution in [0.15, 0.2) is 36.4 Å². The topological polar surface area (TPSA) is 50.8 Å². The molecule has 2 aromatic rings. The third-order valence-corrected chi connectivity index (χ3v) is 4.70. The summed E-state index contributed by atoms with van der Waals surface area (Å²) < 4.78 is 11.5. The molecule has 0 bridgehead atoms. The number of carbonyl (C=O) groups excluding carboxylic acids is 1. The lowest BCUT2D eigenvalue weighted by atomic mass is 10.0. The summed E-state index contributed by atoms with van der Waals surface area (Å²) in [6.07, 6.45) is 0.744. The Morgan fingerprint density at radius 1 is 1.29 bits per heavy atom. The first kappa shape index (κ1) is 14.9. The number of rotatable bonds is 2. The van der Waals surface area contributed by atoms with E-state index in [9.17, 15) is 4.79 Å². The minimum atomic E-state index is -0.299. The van der Waals surface area contributed by atoms with Gasteiger partial charge in [-0.25, -0.2) is 0 Å². The minimum Gasteiger partial charge on any atom is -0.496 e. The van der Waals surface area contributed by atoms with E-state index in [1.807, 2.05) is 36.4 Å². The number of anilines is 1. The van der Waals surface area contributed by atoms with Gasteiger partial charge in [-0.05, 0) is 31.2 Å². The number of nitrogens with zero attached hydrogens (tertiary/aromatic N) is 1. The zero-order valence-corrected chi connectivity index (χ0v) is 14.0. The first-order valence-corrected chi connectivity index (χ1v) is 8.08. The highest BCUT2D eigenvalue weighted by atomic mass is 16.5. The monoisotopic (exact) mass is 324 g/mol. The number of hydrogen-bond acceptors (Lipinski definition) is 4. The van der Waals surface area contributed by atoms with Crippen LogP contribution in [0.25, 0.3) is 0 Å². The highest BCUT2D eigenvalue weighted by Gasteiger charge is 2.33. The van der Waals surface area contributed by atoms with Crippen LogP contribution >= 0.6 is 0 Å². The molecule has 2 heterocycles. The molecule has 0 saturated carbocycles. The molecule has 0 aliphatic carbocycles. The van der Waals surface area contributed by atoms with E-state index in [4.69, 9.17) is 9.47 Å². The van der Waals surface area contributed by atoms with Crippen LogP contribution in [-0.2, 0) is 6.42 Å². The summed E-state index contributed by atoms with van der Waals surface area (Å²) in [5.41, 5.74) is 3.56. The van der Waals surface area contributed by atoms with Gasteiger partial charge in [-0.2, -0.15) is 0 Å². The largest absolute Gasteiger partial charge is 0.496 e. The molecule has 0 saturated heterocycles. The second-order valence-corrected chi connectivity index (χ2v) is 6.34. The molecule has 2 aromatic carbocycles. The minimum absolute atomic E-state index is 0.00816. The van der Waals surface area contributed by atoms with Crippen molar-refractivity contribution >= 4 is 11.6 Å². The molecule has 1 amide bonds. The fourth-order valence-electron chi connectivity index (χ4n) is 3.48. The van der Waals surface area contributed by atoms with Crippen LogP contribution in [0.4, 0.5) is 5.69 Å². The van der Waals surface area contributed by atoms with Crippen molar-refractivity contribution in [2.75, 3.05) is 19.5 Å². The van der Waals surface area contributed by atoms with Gasteiger partial charge in [-0.3, -0.25) is 4.79 Å². The van der Waals surface area contributed by atoms with Crippen molar-refractivity contribution in [1.29, 1.82) is 0 Å². The number of ether oxygens (including phenoxy) is 2. The Hall–Kier alpha value is -2.69. The Morgan fingerprint density at radius 3 is 2.88 bits per heavy atom. The van der Waals surface area contributed by atoms with Crippen molar-refractivity contribution in [3.63, 3.8) is 0 Å². The molecule has 0 spiro atoms. The highest BCUT2D eigenvalue weighted by molar-refractivity contribution is 6.01. The maximum Gasteiger partial charge on any atom is 0.257 e. The molecule has 5 heteroatoms. The number of nitrogens with one attached hydrogen (secondary N) is 1. The maximum atomic E-state index is 12.7. The molecule has 4 rings (SSSR count). The van der Waals surface area contributed by atoms with Gasteiger partial charge < -0.3 is 19.7 Å². The smallest absolute Gasteiger partial charge is 0.257 e. The summed E-state index contributed by atoms with van der Waals surface area (Å²) >= 11 is 0. The molecule has 0 radical (unpaired) electrons. The summed E-state index contributed by atoms with van der Waals surface area (Å²) in [5.74, 6) is 1.63. The Morgan fingerprint density at radius 2 is 2.08 bits per heavy atom. The van der Waals surface area contributed by atoms with E-state index in [0.717, 1.165) is 34.7 Å². The molecular weight excluding hydrogens is 304 g/mol. The van der Waals surface area contributed by atoms with E-state index in [-0.39, 0.29) is 18.2 Å². The van der Waals surface area contributed by atoms with Crippen molar-refractivity contribution in [3.05, 3.63) is 53.1 Å². The van der Waals surface area contributed by atoms with E-state index < -0.39 is 0 Å². The quantitative estimate of drug-likeness (QED) is 0.921. The van der Waals surface area contributed by atoms with Crippen LogP contribution in [0.3, 0.4) is 0 Å². The molecule has 2 atom stereocenters. The van der Waals surface area contributed by atoms with E-state index >= 15 is 0 Å². The Balaban J connectivity index is 1.79. The van der Waals surface area contributed by atoms with Crippen molar-refractivity contribution in [1.82, 2.24) is 4.90 Å². The number of methoxy groups -OCH3 is 1. The molecule has 2 aliphatic rings. The summed E-state index contributed by atoms with van der Waals surface area (Å²) in [6, 6.07) is 11.6. The Labute approximate surface area is 141 Å². The Bertz CT molecular complexity index is 818. The first-order valence-electron chi connectivity index (χ1n) is 8.08. The van der Waals surface area contributed by atoms with Gasteiger partial charge in [0.15, 0.2) is 0 Å². The summed E-state index contributed by atoms with van der Waals surface area (Å²) in [4.78, 5) is 14.4. The van der Waals surface area contributed by atoms with Gasteiger partial charge >= 0.3 is 0 Å². The van der Waals surface area contributed by atoms with Gasteiger partial charge in [0.2, 0.25) is 0 Å². The number of benzene rings is 2. The average Bonchev–Trinajstić information content (AvgIpc) is 2.96. The third kappa shape index (κ3) is 2.19. The van der Waals surface area contributed by atoms with Gasteiger partial charge in [0.1, 0.15) is 23.8 Å². The number of amides is 1. The van der Waals surface area contributed by atoms with Gasteiger partial charge in [-0.15, -0.1) is 0 Å². The lowest BCUT2D eigenvalue weighted by Crippen LogP contribution is -2.40. The van der Waals surface area contributed by atoms with Crippen molar-refractivity contribution in [2.45, 2.75) is 25.6 Å². The lowest BCUT2D eigenvalue weighted by Gasteiger charge is -2.36. The molecule has 24 heavy (non-hydrogen) atoms. The number of para-hydroxylation sites is 1. The van der Waals surface area contributed by atoms with Crippen LogP contribution in [-0.4, -0.2) is 31.1 Å². The van der Waals surface area contributed by atoms with Crippen LogP contribution in [0.5, 0.6) is 11.5 Å². The molecule has 0 fully saturated rings. The van der Waals surface area contributed by atoms with E-state index in [0.29, 0.717) is 5.56 Å². The van der Waals surface area contributed by atoms with Gasteiger partial charge in [0.25, 0.3) is 5.91 Å². The van der Waals surface area contributed by atoms with E-state index in [2.05, 4.69) is 12.2 Å². The van der Waals surface area contributed by atoms with Crippen molar-refractivity contribution in [2.24, 2.45) is 0 Å². The Kier molecular flexibility index (Phi) is 3.37. The number of carbonyl (C=O) groups is 1. The molecule has 0 unspecified atom stereocenters. The maximum absolute atomic E-state index is 12.7. The third-order valence-electron chi connectivity index (χ3n) is 4.70. The standard InChI is InChI=1S/C19H20N2O3/c1-11-8-12-9-17(23-3)14(10-16(12)24-11)18-20-15-7-5-4-6-13(15)19(22)21(18)2/h4-7,9-11,18,20H,8H2,1-3H3/t11-,18-/m1/s1. The predicted molar refractivity (Wildman–Crippen MR) is 91.7 cm³/mol. The normalized spacial score (nSPS) is 21.6. The second-order valence-electron chi connectivity index (χ2n) is 6.34. The van der Waals surface area contributed by atoms with Crippen LogP contribution in [0.2, 0.25) is 0 Å². The molecule has 5 nitrogen and oxygen atoms in total. The van der Waals surface area contributed by atoms with E-state index in [1.165, 1.54) is 0 Å². The fraction of sp³-hybridized carbons (Fsp3) is 0.316. The average molecular weight is 324 g/mol. The molecular formula is C19H20N2O3. The van der Waals surface area contributed by atoms with Crippen LogP contribution in [0.1, 0.15) is 34.6 Å². The van der Waals surface area contributed by atoms with Gasteiger partial charge in [0, 0.05) is 30.3 Å². The summed E-state index contributed by atoms with van der Waals surface area (Å²) in [7, 11) is 3.45. The van der Waals surface area contributed by atoms with Crippen molar-refractivity contribution in [3.8, 4) is 11.5 Å². The fourth-order valence-corrected chi connectivity index (χ4v) is 3.48. The first-order chi connectivity index (χ1) is 11.6. The van der Waals surface area contributed by atoms with E-state index in [1.54, 1.807) is 19.1 Å². The summed E-state index contributed by atoms with van der Waals surface area (Å²) in [6.45, 7) is 2.05. The summed E-state index contributed by atoms with van der Waals surface area (Å²) in [5, 5.41) is 3.44. The SMILES string of the molecule is COc1cc2c(cc1[C@@H]1Nc3ccccc3C(=O)N1C)O[C@H](C)C2. The molecule has 2 aliphatic heterocycles. The molecule has 1 N–H and O–H groups in total. The van der Waals surface area contributed by atoms with Crippen LogP contribution in [0, 0.1) is 0 Å². The molecule has 124 valence electrons. The lowest BCUT2D eigenvalue weighted by molar-refractivity contribution is 0.0733. The molecule has 0 aromatic heterocycles. The van der Waals surface area contributed by atoms with Crippen LogP contribution < -0.4 is 14.8 Å². The zero-order chi connectivity index (χ0) is 16.8. The predicted octanol–water partition coefficient (Wildman–Crippen LogP) is 3.21. The van der Waals surface area contributed by atoms with Crippen molar-refractivity contribution < 1.29 is 14.3 Å².